The zero-order valence-corrected chi connectivity index (χ0v) is 22.0. The summed E-state index contributed by atoms with van der Waals surface area (Å²) in [5.41, 5.74) is 0.742. The summed E-state index contributed by atoms with van der Waals surface area (Å²) in [6.45, 7) is -0.182. The number of unbranched alkanes of at least 4 members (excludes halogenated alkanes) is 1. The number of aliphatic hydroxyl groups excluding tert-OH is 2. The van der Waals surface area contributed by atoms with Gasteiger partial charge in [-0.05, 0) is 68.8 Å². The number of alkyl halides is 1. The Morgan fingerprint density at radius 1 is 1.13 bits per heavy atom. The van der Waals surface area contributed by atoms with Gasteiger partial charge < -0.3 is 26.0 Å². The third-order valence-corrected chi connectivity index (χ3v) is 7.07. The molecule has 0 spiro atoms. The predicted octanol–water partition coefficient (Wildman–Crippen LogP) is 2.66. The molecule has 1 unspecified atom stereocenters. The van der Waals surface area contributed by atoms with E-state index in [1.165, 1.54) is 11.9 Å². The van der Waals surface area contributed by atoms with Crippen LogP contribution in [0.3, 0.4) is 0 Å². The molecule has 1 aromatic carbocycles. The van der Waals surface area contributed by atoms with Gasteiger partial charge in [-0.2, -0.15) is 0 Å². The molecular weight excluding hydrogens is 503 g/mol. The molecule has 1 aliphatic heterocycles. The van der Waals surface area contributed by atoms with Crippen molar-refractivity contribution in [3.8, 4) is 0 Å². The van der Waals surface area contributed by atoms with Crippen molar-refractivity contribution < 1.29 is 24.5 Å². The van der Waals surface area contributed by atoms with Gasteiger partial charge in [0, 0.05) is 30.7 Å². The fraction of sp³-hybridized carbons (Fsp3) is 0.500. The highest BCUT2D eigenvalue weighted by Crippen LogP contribution is 2.22. The second kappa shape index (κ2) is 13.6. The topological polar surface area (TPSA) is 144 Å². The average Bonchev–Trinajstić information content (AvgIpc) is 2.96. The van der Waals surface area contributed by atoms with Crippen molar-refractivity contribution >= 4 is 28.5 Å². The van der Waals surface area contributed by atoms with Gasteiger partial charge in [-0.25, -0.2) is 24.1 Å². The van der Waals surface area contributed by atoms with Crippen LogP contribution in [0.1, 0.15) is 36.9 Å². The first-order chi connectivity index (χ1) is 18.9. The molecule has 3 heterocycles. The first-order valence-electron chi connectivity index (χ1n) is 13.5. The second-order valence-corrected chi connectivity index (χ2v) is 10.1. The number of benzene rings is 1. The Balaban J connectivity index is 1.36. The van der Waals surface area contributed by atoms with Crippen LogP contribution in [0.5, 0.6) is 0 Å². The normalized spacial score (nSPS) is 14.2. The summed E-state index contributed by atoms with van der Waals surface area (Å²) in [6.07, 6.45) is 5.99. The summed E-state index contributed by atoms with van der Waals surface area (Å²) in [5, 5.41) is 36.0. The first kappa shape index (κ1) is 28.6. The number of aryl methyl sites for hydroxylation is 2. The minimum atomic E-state index is -2.18. The third kappa shape index (κ3) is 7.81. The van der Waals surface area contributed by atoms with Crippen molar-refractivity contribution in [3.05, 3.63) is 54.0 Å². The number of aromatic nitrogens is 3. The molecule has 3 aromatic rings. The van der Waals surface area contributed by atoms with Crippen LogP contribution in [0.2, 0.25) is 0 Å². The van der Waals surface area contributed by atoms with Gasteiger partial charge in [-0.3, -0.25) is 4.90 Å². The lowest BCUT2D eigenvalue weighted by Crippen LogP contribution is -2.47. The van der Waals surface area contributed by atoms with Crippen LogP contribution in [-0.4, -0.2) is 92.2 Å². The van der Waals surface area contributed by atoms with Crippen LogP contribution in [0.25, 0.3) is 10.9 Å². The zero-order valence-electron chi connectivity index (χ0n) is 22.0. The number of carboxylic acids is 1. The molecule has 0 amide bonds. The zero-order chi connectivity index (χ0) is 27.7. The van der Waals surface area contributed by atoms with E-state index in [0.29, 0.717) is 23.3 Å². The molecule has 210 valence electrons. The van der Waals surface area contributed by atoms with Crippen LogP contribution in [0.4, 0.5) is 16.0 Å². The summed E-state index contributed by atoms with van der Waals surface area (Å²) in [6, 6.07) is 10.5. The minimum Gasteiger partial charge on any atom is -0.480 e. The monoisotopic (exact) mass is 540 g/mol. The highest BCUT2D eigenvalue weighted by atomic mass is 19.1. The number of anilines is 2. The maximum Gasteiger partial charge on any atom is 0.326 e. The van der Waals surface area contributed by atoms with E-state index in [2.05, 4.69) is 26.7 Å². The summed E-state index contributed by atoms with van der Waals surface area (Å²) < 4.78 is 14.9. The van der Waals surface area contributed by atoms with E-state index in [4.69, 9.17) is 4.98 Å². The number of rotatable bonds is 15. The number of fused-ring (bicyclic) bond motifs is 2. The van der Waals surface area contributed by atoms with Crippen LogP contribution in [0, 0.1) is 0 Å². The van der Waals surface area contributed by atoms with Crippen molar-refractivity contribution in [2.24, 2.45) is 0 Å². The first-order valence-corrected chi connectivity index (χ1v) is 13.5. The molecule has 2 aromatic heterocycles. The van der Waals surface area contributed by atoms with Crippen molar-refractivity contribution in [1.29, 1.82) is 0 Å². The molecule has 1 atom stereocenters. The van der Waals surface area contributed by atoms with Crippen LogP contribution in [-0.2, 0) is 17.6 Å². The van der Waals surface area contributed by atoms with E-state index in [-0.39, 0.29) is 19.5 Å². The van der Waals surface area contributed by atoms with E-state index in [1.54, 1.807) is 4.90 Å². The van der Waals surface area contributed by atoms with Crippen molar-refractivity contribution in [2.75, 3.05) is 50.0 Å². The van der Waals surface area contributed by atoms with Gasteiger partial charge in [0.2, 0.25) is 0 Å². The quantitative estimate of drug-likeness (QED) is 0.183. The fourth-order valence-electron chi connectivity index (χ4n) is 4.82. The van der Waals surface area contributed by atoms with Crippen LogP contribution < -0.4 is 10.6 Å². The van der Waals surface area contributed by atoms with Gasteiger partial charge in [0.15, 0.2) is 5.67 Å². The largest absolute Gasteiger partial charge is 0.480 e. The highest BCUT2D eigenvalue weighted by Gasteiger charge is 2.31. The Morgan fingerprint density at radius 2 is 1.95 bits per heavy atom. The van der Waals surface area contributed by atoms with Crippen LogP contribution >= 0.6 is 0 Å². The number of para-hydroxylation sites is 1. The molecule has 4 rings (SSSR count). The Bertz CT molecular complexity index is 1240. The molecule has 0 fully saturated rings. The molecule has 1 aliphatic rings. The number of nitrogens with zero attached hydrogens (tertiary/aromatic N) is 4. The lowest BCUT2D eigenvalue weighted by molar-refractivity contribution is -0.138. The maximum absolute atomic E-state index is 14.9. The lowest BCUT2D eigenvalue weighted by Gasteiger charge is -2.31. The number of hydrogen-bond donors (Lipinski definition) is 5. The Morgan fingerprint density at radius 3 is 2.74 bits per heavy atom. The van der Waals surface area contributed by atoms with Gasteiger partial charge >= 0.3 is 5.97 Å². The summed E-state index contributed by atoms with van der Waals surface area (Å²) >= 11 is 0. The van der Waals surface area contributed by atoms with E-state index >= 15 is 0 Å². The summed E-state index contributed by atoms with van der Waals surface area (Å²) in [5.74, 6) is 0.315. The number of aliphatic hydroxyl groups is 2. The number of aliphatic carboxylic acids is 1. The molecular formula is C28H37FN6O4. The van der Waals surface area contributed by atoms with E-state index in [9.17, 15) is 24.5 Å². The Hall–Kier alpha value is -3.41. The number of hydrogen-bond acceptors (Lipinski definition) is 9. The van der Waals surface area contributed by atoms with E-state index in [1.807, 2.05) is 30.3 Å². The Kier molecular flexibility index (Phi) is 9.96. The second-order valence-electron chi connectivity index (χ2n) is 10.1. The standard InChI is InChI=1S/C28H37FN6O4/c29-28(17-36,18-37)16-35(14-4-3-7-21-11-10-20-6-5-13-30-25(20)33-21)15-12-24(27(38)39)34-26-22-8-1-2-9-23(22)31-19-32-26/h1-2,8-11,19,24,36-37H,3-7,12-18H2,(H,30,33)(H,38,39)(H,31,32,34). The van der Waals surface area contributed by atoms with Gasteiger partial charge in [0.05, 0.1) is 18.7 Å². The smallest absolute Gasteiger partial charge is 0.326 e. The van der Waals surface area contributed by atoms with E-state index < -0.39 is 30.9 Å². The van der Waals surface area contributed by atoms with E-state index in [0.717, 1.165) is 50.2 Å². The molecule has 10 nitrogen and oxygen atoms in total. The molecule has 0 saturated carbocycles. The minimum absolute atomic E-state index is 0.165. The third-order valence-electron chi connectivity index (χ3n) is 7.07. The molecule has 39 heavy (non-hydrogen) atoms. The molecule has 0 aliphatic carbocycles. The summed E-state index contributed by atoms with van der Waals surface area (Å²) in [4.78, 5) is 27.0. The van der Waals surface area contributed by atoms with Crippen molar-refractivity contribution in [3.63, 3.8) is 0 Å². The number of nitrogens with one attached hydrogen (secondary N) is 2. The molecule has 11 heteroatoms. The van der Waals surface area contributed by atoms with Crippen molar-refractivity contribution in [1.82, 2.24) is 19.9 Å². The average molecular weight is 541 g/mol. The molecule has 0 saturated heterocycles. The SMILES string of the molecule is O=C(O)C(CCN(CCCCc1ccc2c(n1)NCCC2)CC(F)(CO)CO)Nc1ncnc2ccccc12. The van der Waals surface area contributed by atoms with Gasteiger partial charge in [-0.1, -0.05) is 18.2 Å². The number of pyridine rings is 1. The highest BCUT2D eigenvalue weighted by molar-refractivity contribution is 5.90. The summed E-state index contributed by atoms with van der Waals surface area (Å²) in [7, 11) is 0. The maximum atomic E-state index is 14.9. The predicted molar refractivity (Wildman–Crippen MR) is 148 cm³/mol. The van der Waals surface area contributed by atoms with Gasteiger partial charge in [0.1, 0.15) is 24.0 Å². The number of carbonyl (C=O) groups is 1. The molecule has 5 N–H and O–H groups in total. The fourth-order valence-corrected chi connectivity index (χ4v) is 4.82. The van der Waals surface area contributed by atoms with Crippen LogP contribution in [0.15, 0.2) is 42.7 Å². The number of halogens is 1. The van der Waals surface area contributed by atoms with Crippen molar-refractivity contribution in [2.45, 2.75) is 50.2 Å². The lowest BCUT2D eigenvalue weighted by atomic mass is 10.0. The number of carboxylic acid groups (broad SMARTS) is 1. The van der Waals surface area contributed by atoms with Gasteiger partial charge in [-0.15, -0.1) is 0 Å². The molecule has 0 bridgehead atoms. The molecule has 0 radical (unpaired) electrons. The Labute approximate surface area is 227 Å². The van der Waals surface area contributed by atoms with Gasteiger partial charge in [0.25, 0.3) is 0 Å².